The summed E-state index contributed by atoms with van der Waals surface area (Å²) in [5, 5.41) is 0. The molecule has 0 aromatic rings. The van der Waals surface area contributed by atoms with E-state index in [4.69, 9.17) is 11.5 Å². The molecule has 0 aromatic carbocycles. The van der Waals surface area contributed by atoms with Crippen molar-refractivity contribution in [3.8, 4) is 0 Å². The number of rotatable bonds is 3. The molecular weight excluding hydrogens is 126 g/mol. The van der Waals surface area contributed by atoms with E-state index in [2.05, 4.69) is 18.8 Å². The molecule has 0 unspecified atom stereocenters. The van der Waals surface area contributed by atoms with Gasteiger partial charge in [0.05, 0.1) is 6.54 Å². The molecular formula is C7H15N3. The van der Waals surface area contributed by atoms with Crippen molar-refractivity contribution >= 4 is 5.96 Å². The number of allylic oxidation sites excluding steroid dienone is 1. The molecule has 3 nitrogen and oxygen atoms in total. The standard InChI is InChI=1S/C7H15N3/c1-3-6(2)4-5-10-7(8)9/h4H,3,5H2,1-2H3,(H4,8,9,10)/b6-4+. The molecule has 0 fully saturated rings. The summed E-state index contributed by atoms with van der Waals surface area (Å²) in [6.07, 6.45) is 3.07. The Labute approximate surface area is 61.8 Å². The topological polar surface area (TPSA) is 64.4 Å². The molecule has 0 bridgehead atoms. The van der Waals surface area contributed by atoms with Crippen LogP contribution in [0.5, 0.6) is 0 Å². The molecule has 0 radical (unpaired) electrons. The Morgan fingerprint density at radius 1 is 1.50 bits per heavy atom. The first kappa shape index (κ1) is 9.01. The van der Waals surface area contributed by atoms with Gasteiger partial charge in [0.2, 0.25) is 0 Å². The van der Waals surface area contributed by atoms with Crippen molar-refractivity contribution in [2.45, 2.75) is 20.3 Å². The summed E-state index contributed by atoms with van der Waals surface area (Å²) >= 11 is 0. The molecule has 0 aliphatic rings. The molecule has 0 saturated carbocycles. The number of nitrogens with zero attached hydrogens (tertiary/aromatic N) is 1. The lowest BCUT2D eigenvalue weighted by molar-refractivity contribution is 1.07. The second-order valence-corrected chi connectivity index (χ2v) is 2.17. The van der Waals surface area contributed by atoms with Crippen LogP contribution in [0.2, 0.25) is 0 Å². The van der Waals surface area contributed by atoms with Gasteiger partial charge in [0.25, 0.3) is 0 Å². The van der Waals surface area contributed by atoms with Gasteiger partial charge in [-0.1, -0.05) is 18.6 Å². The molecule has 0 spiro atoms. The Bertz CT molecular complexity index is 143. The molecule has 58 valence electrons. The predicted molar refractivity (Wildman–Crippen MR) is 44.7 cm³/mol. The molecule has 0 saturated heterocycles. The van der Waals surface area contributed by atoms with Crippen LogP contribution in [0.15, 0.2) is 16.6 Å². The minimum Gasteiger partial charge on any atom is -0.370 e. The number of nitrogens with two attached hydrogens (primary N) is 2. The lowest BCUT2D eigenvalue weighted by atomic mass is 10.2. The van der Waals surface area contributed by atoms with E-state index >= 15 is 0 Å². The van der Waals surface area contributed by atoms with Gasteiger partial charge in [0.1, 0.15) is 0 Å². The Morgan fingerprint density at radius 3 is 2.50 bits per heavy atom. The molecule has 0 atom stereocenters. The highest BCUT2D eigenvalue weighted by Crippen LogP contribution is 1.96. The van der Waals surface area contributed by atoms with Gasteiger partial charge in [-0.2, -0.15) is 0 Å². The van der Waals surface area contributed by atoms with E-state index in [0.717, 1.165) is 6.42 Å². The molecule has 10 heavy (non-hydrogen) atoms. The zero-order chi connectivity index (χ0) is 7.98. The average Bonchev–Trinajstić information content (AvgIpc) is 1.87. The van der Waals surface area contributed by atoms with Gasteiger partial charge in [-0.05, 0) is 13.3 Å². The first-order chi connectivity index (χ1) is 4.66. The number of aliphatic imine (C=N–C) groups is 1. The summed E-state index contributed by atoms with van der Waals surface area (Å²) in [4.78, 5) is 3.81. The van der Waals surface area contributed by atoms with Gasteiger partial charge in [0.15, 0.2) is 5.96 Å². The third-order valence-corrected chi connectivity index (χ3v) is 1.27. The zero-order valence-electron chi connectivity index (χ0n) is 6.59. The largest absolute Gasteiger partial charge is 0.370 e. The van der Waals surface area contributed by atoms with Crippen molar-refractivity contribution in [1.82, 2.24) is 0 Å². The van der Waals surface area contributed by atoms with Crippen molar-refractivity contribution in [2.75, 3.05) is 6.54 Å². The van der Waals surface area contributed by atoms with E-state index in [1.165, 1.54) is 5.57 Å². The summed E-state index contributed by atoms with van der Waals surface area (Å²) in [6.45, 7) is 4.76. The van der Waals surface area contributed by atoms with Crippen molar-refractivity contribution in [3.63, 3.8) is 0 Å². The van der Waals surface area contributed by atoms with E-state index < -0.39 is 0 Å². The van der Waals surface area contributed by atoms with Crippen molar-refractivity contribution < 1.29 is 0 Å². The summed E-state index contributed by atoms with van der Waals surface area (Å²) in [6, 6.07) is 0. The summed E-state index contributed by atoms with van der Waals surface area (Å²) in [5.41, 5.74) is 11.5. The van der Waals surface area contributed by atoms with Crippen LogP contribution in [0.4, 0.5) is 0 Å². The second kappa shape index (κ2) is 4.85. The third kappa shape index (κ3) is 5.15. The average molecular weight is 141 g/mol. The van der Waals surface area contributed by atoms with Crippen LogP contribution in [0.25, 0.3) is 0 Å². The van der Waals surface area contributed by atoms with E-state index in [0.29, 0.717) is 6.54 Å². The molecule has 0 aromatic heterocycles. The van der Waals surface area contributed by atoms with Crippen LogP contribution in [0.3, 0.4) is 0 Å². The van der Waals surface area contributed by atoms with Gasteiger partial charge in [-0.3, -0.25) is 0 Å². The molecule has 0 aliphatic carbocycles. The van der Waals surface area contributed by atoms with Crippen LogP contribution in [0.1, 0.15) is 20.3 Å². The fourth-order valence-corrected chi connectivity index (χ4v) is 0.451. The first-order valence-electron chi connectivity index (χ1n) is 3.37. The summed E-state index contributed by atoms with van der Waals surface area (Å²) in [7, 11) is 0. The van der Waals surface area contributed by atoms with Crippen molar-refractivity contribution in [3.05, 3.63) is 11.6 Å². The maximum atomic E-state index is 5.12. The zero-order valence-corrected chi connectivity index (χ0v) is 6.59. The van der Waals surface area contributed by atoms with Gasteiger partial charge < -0.3 is 11.5 Å². The van der Waals surface area contributed by atoms with Gasteiger partial charge in [-0.25, -0.2) is 4.99 Å². The fraction of sp³-hybridized carbons (Fsp3) is 0.571. The van der Waals surface area contributed by atoms with Crippen LogP contribution >= 0.6 is 0 Å². The summed E-state index contributed by atoms with van der Waals surface area (Å²) < 4.78 is 0. The normalized spacial score (nSPS) is 11.2. The minimum absolute atomic E-state index is 0.153. The highest BCUT2D eigenvalue weighted by molar-refractivity contribution is 5.75. The highest BCUT2D eigenvalue weighted by Gasteiger charge is 1.81. The first-order valence-corrected chi connectivity index (χ1v) is 3.37. The van der Waals surface area contributed by atoms with Crippen molar-refractivity contribution in [1.29, 1.82) is 0 Å². The minimum atomic E-state index is 0.153. The maximum Gasteiger partial charge on any atom is 0.186 e. The number of hydrogen-bond acceptors (Lipinski definition) is 1. The van der Waals surface area contributed by atoms with Crippen LogP contribution < -0.4 is 11.5 Å². The molecule has 3 heteroatoms. The second-order valence-electron chi connectivity index (χ2n) is 2.17. The van der Waals surface area contributed by atoms with Crippen LogP contribution in [-0.4, -0.2) is 12.5 Å². The molecule has 0 aliphatic heterocycles. The number of guanidine groups is 1. The maximum absolute atomic E-state index is 5.12. The summed E-state index contributed by atoms with van der Waals surface area (Å²) in [5.74, 6) is 0.153. The van der Waals surface area contributed by atoms with Crippen LogP contribution in [0, 0.1) is 0 Å². The van der Waals surface area contributed by atoms with Crippen LogP contribution in [-0.2, 0) is 0 Å². The monoisotopic (exact) mass is 141 g/mol. The van der Waals surface area contributed by atoms with Crippen molar-refractivity contribution in [2.24, 2.45) is 16.5 Å². The van der Waals surface area contributed by atoms with E-state index in [1.807, 2.05) is 6.08 Å². The molecule has 0 rings (SSSR count). The third-order valence-electron chi connectivity index (χ3n) is 1.27. The lowest BCUT2D eigenvalue weighted by Gasteiger charge is -1.92. The Morgan fingerprint density at radius 2 is 2.10 bits per heavy atom. The van der Waals surface area contributed by atoms with Gasteiger partial charge >= 0.3 is 0 Å². The Balaban J connectivity index is 3.63. The Kier molecular flexibility index (Phi) is 4.37. The predicted octanol–water partition coefficient (Wildman–Crippen LogP) is 0.616. The van der Waals surface area contributed by atoms with E-state index in [-0.39, 0.29) is 5.96 Å². The highest BCUT2D eigenvalue weighted by atomic mass is 15.0. The molecule has 4 N–H and O–H groups in total. The quantitative estimate of drug-likeness (QED) is 0.344. The Hall–Kier alpha value is -0.990. The molecule has 0 heterocycles. The smallest absolute Gasteiger partial charge is 0.186 e. The fourth-order valence-electron chi connectivity index (χ4n) is 0.451. The molecule has 0 amide bonds. The SMILES string of the molecule is CC/C(C)=C/CN=C(N)N. The van der Waals surface area contributed by atoms with E-state index in [9.17, 15) is 0 Å². The number of hydrogen-bond donors (Lipinski definition) is 2. The lowest BCUT2D eigenvalue weighted by Crippen LogP contribution is -2.22. The van der Waals surface area contributed by atoms with Gasteiger partial charge in [-0.15, -0.1) is 0 Å². The van der Waals surface area contributed by atoms with E-state index in [1.54, 1.807) is 0 Å². The van der Waals surface area contributed by atoms with Gasteiger partial charge in [0, 0.05) is 0 Å².